The van der Waals surface area contributed by atoms with E-state index in [4.69, 9.17) is 32.7 Å². The molecule has 0 aliphatic carbocycles. The number of halogens is 2. The Bertz CT molecular complexity index is 1790. The molecule has 2 aliphatic rings. The van der Waals surface area contributed by atoms with Gasteiger partial charge in [0, 0.05) is 27.8 Å². The number of fused-ring (bicyclic) bond motifs is 1. The van der Waals surface area contributed by atoms with E-state index in [1.165, 1.54) is 28.0 Å². The van der Waals surface area contributed by atoms with E-state index in [0.29, 0.717) is 50.0 Å². The van der Waals surface area contributed by atoms with E-state index in [9.17, 15) is 14.7 Å². The summed E-state index contributed by atoms with van der Waals surface area (Å²) in [6.07, 6.45) is 1.51. The van der Waals surface area contributed by atoms with E-state index in [1.54, 1.807) is 48.5 Å². The van der Waals surface area contributed by atoms with Crippen LogP contribution in [0.1, 0.15) is 48.6 Å². The van der Waals surface area contributed by atoms with Crippen LogP contribution in [-0.2, 0) is 21.8 Å². The van der Waals surface area contributed by atoms with Crippen LogP contribution in [0.2, 0.25) is 10.0 Å². The van der Waals surface area contributed by atoms with Crippen molar-refractivity contribution in [1.82, 2.24) is 10.2 Å². The van der Waals surface area contributed by atoms with Gasteiger partial charge < -0.3 is 14.6 Å². The lowest BCUT2D eigenvalue weighted by atomic mass is 9.94. The second kappa shape index (κ2) is 12.8. The molecule has 3 heterocycles. The van der Waals surface area contributed by atoms with E-state index in [0.717, 1.165) is 23.3 Å². The largest absolute Gasteiger partial charge is 0.507 e. The molecule has 3 aromatic carbocycles. The van der Waals surface area contributed by atoms with Gasteiger partial charge >= 0.3 is 5.91 Å². The molecule has 0 saturated carbocycles. The Kier molecular flexibility index (Phi) is 8.87. The third kappa shape index (κ3) is 6.04. The van der Waals surface area contributed by atoms with Gasteiger partial charge in [-0.15, -0.1) is 10.2 Å². The molecule has 1 fully saturated rings. The van der Waals surface area contributed by atoms with Crippen molar-refractivity contribution in [3.05, 3.63) is 98.5 Å². The van der Waals surface area contributed by atoms with Crippen molar-refractivity contribution in [2.24, 2.45) is 0 Å². The molecule has 4 aromatic rings. The van der Waals surface area contributed by atoms with Crippen LogP contribution in [-0.4, -0.2) is 39.7 Å². The summed E-state index contributed by atoms with van der Waals surface area (Å²) in [6.45, 7) is 4.48. The first-order valence-electron chi connectivity index (χ1n) is 14.0. The van der Waals surface area contributed by atoms with Crippen molar-refractivity contribution in [2.75, 3.05) is 11.5 Å². The molecule has 8 nitrogen and oxygen atoms in total. The maximum Gasteiger partial charge on any atom is 0.301 e. The van der Waals surface area contributed by atoms with Crippen LogP contribution in [0.3, 0.4) is 0 Å². The zero-order valence-corrected chi connectivity index (χ0v) is 26.9. The molecule has 12 heteroatoms. The first kappa shape index (κ1) is 30.5. The van der Waals surface area contributed by atoms with E-state index in [2.05, 4.69) is 10.2 Å². The van der Waals surface area contributed by atoms with Gasteiger partial charge in [0.1, 0.15) is 23.4 Å². The number of aromatic nitrogens is 2. The van der Waals surface area contributed by atoms with Crippen molar-refractivity contribution < 1.29 is 24.2 Å². The molecule has 0 bridgehead atoms. The Labute approximate surface area is 272 Å². The summed E-state index contributed by atoms with van der Waals surface area (Å²) in [7, 11) is 0. The van der Waals surface area contributed by atoms with Gasteiger partial charge in [-0.25, -0.2) is 0 Å². The topological polar surface area (TPSA) is 102 Å². The number of aliphatic hydroxyl groups is 1. The van der Waals surface area contributed by atoms with Crippen LogP contribution in [0, 0.1) is 0 Å². The average molecular weight is 669 g/mol. The highest BCUT2D eigenvalue weighted by Gasteiger charge is 2.48. The molecule has 2 atom stereocenters. The second-order valence-electron chi connectivity index (χ2n) is 10.4. The summed E-state index contributed by atoms with van der Waals surface area (Å²) in [5, 5.41) is 21.5. The number of benzene rings is 3. The van der Waals surface area contributed by atoms with Crippen LogP contribution in [0.5, 0.6) is 11.5 Å². The number of carbonyl (C=O) groups is 2. The normalized spacial score (nSPS) is 18.9. The van der Waals surface area contributed by atoms with E-state index >= 15 is 0 Å². The van der Waals surface area contributed by atoms with Gasteiger partial charge in [-0.2, -0.15) is 0 Å². The molecular weight excluding hydrogens is 641 g/mol. The summed E-state index contributed by atoms with van der Waals surface area (Å²) < 4.78 is 12.2. The molecule has 1 amide bonds. The maximum atomic E-state index is 13.7. The number of anilines is 1. The third-order valence-corrected chi connectivity index (χ3v) is 9.92. The standard InChI is InChI=1S/C32H27Cl2N3O5S2/c1-3-11-41-23-6-4-5-18(14-23)27-26(28(38)19-8-10-25-21(13-19)12-17(2)42-25)29(39)30(40)37(27)31-35-36-32(44-31)43-16-20-7-9-22(33)15-24(20)34/h4-10,13-15,17,27,38H,3,11-12,16H2,1-2H3/b28-26-. The fourth-order valence-electron chi connectivity index (χ4n) is 5.20. The van der Waals surface area contributed by atoms with Crippen molar-refractivity contribution in [2.45, 2.75) is 48.9 Å². The number of hydrogen-bond donors (Lipinski definition) is 1. The van der Waals surface area contributed by atoms with Crippen molar-refractivity contribution in [3.63, 3.8) is 0 Å². The number of carbonyl (C=O) groups excluding carboxylic acids is 2. The number of amides is 1. The van der Waals surface area contributed by atoms with Gasteiger partial charge in [-0.1, -0.05) is 71.4 Å². The smallest absolute Gasteiger partial charge is 0.301 e. The Morgan fingerprint density at radius 1 is 1.14 bits per heavy atom. The van der Waals surface area contributed by atoms with Gasteiger partial charge in [-0.3, -0.25) is 14.5 Å². The third-order valence-electron chi connectivity index (χ3n) is 7.23. The highest BCUT2D eigenvalue weighted by Crippen LogP contribution is 2.45. The predicted octanol–water partition coefficient (Wildman–Crippen LogP) is 7.88. The molecule has 226 valence electrons. The van der Waals surface area contributed by atoms with E-state index < -0.39 is 17.7 Å². The number of thioether (sulfide) groups is 1. The first-order valence-corrected chi connectivity index (χ1v) is 16.5. The van der Waals surface area contributed by atoms with Crippen LogP contribution in [0.15, 0.2) is 70.6 Å². The lowest BCUT2D eigenvalue weighted by Crippen LogP contribution is -2.29. The number of ketones is 1. The zero-order chi connectivity index (χ0) is 31.0. The van der Waals surface area contributed by atoms with Crippen molar-refractivity contribution in [3.8, 4) is 11.5 Å². The molecule has 2 unspecified atom stereocenters. The van der Waals surface area contributed by atoms with Crippen LogP contribution in [0.25, 0.3) is 5.76 Å². The molecule has 44 heavy (non-hydrogen) atoms. The van der Waals surface area contributed by atoms with Crippen LogP contribution < -0.4 is 14.4 Å². The summed E-state index contributed by atoms with van der Waals surface area (Å²) >= 11 is 14.9. The van der Waals surface area contributed by atoms with Gasteiger partial charge in [0.15, 0.2) is 4.34 Å². The lowest BCUT2D eigenvalue weighted by Gasteiger charge is -2.23. The van der Waals surface area contributed by atoms with Crippen LogP contribution in [0.4, 0.5) is 5.13 Å². The Balaban J connectivity index is 1.39. The summed E-state index contributed by atoms with van der Waals surface area (Å²) in [5.41, 5.74) is 2.78. The number of ether oxygens (including phenoxy) is 2. The first-order chi connectivity index (χ1) is 21.2. The van der Waals surface area contributed by atoms with Gasteiger partial charge in [-0.05, 0) is 72.5 Å². The second-order valence-corrected chi connectivity index (χ2v) is 13.4. The number of aliphatic hydroxyl groups excluding tert-OH is 1. The van der Waals surface area contributed by atoms with Crippen LogP contribution >= 0.6 is 46.3 Å². The number of hydrogen-bond acceptors (Lipinski definition) is 9. The highest BCUT2D eigenvalue weighted by molar-refractivity contribution is 8.00. The molecule has 1 aromatic heterocycles. The molecule has 6 rings (SSSR count). The zero-order valence-electron chi connectivity index (χ0n) is 23.8. The van der Waals surface area contributed by atoms with Crippen molar-refractivity contribution >= 4 is 68.9 Å². The SMILES string of the molecule is CCCOc1cccc(C2/C(=C(/O)c3ccc4c(c3)CC(C)O4)C(=O)C(=O)N2c2nnc(SCc3ccc(Cl)cc3Cl)s2)c1. The van der Waals surface area contributed by atoms with Gasteiger partial charge in [0.2, 0.25) is 5.13 Å². The molecule has 2 aliphatic heterocycles. The fourth-order valence-corrected chi connectivity index (χ4v) is 7.63. The minimum absolute atomic E-state index is 0.0130. The molecule has 1 N–H and O–H groups in total. The Morgan fingerprint density at radius 3 is 2.77 bits per heavy atom. The number of Topliss-reactive ketones (excluding diaryl/α,β-unsaturated/α-hetero) is 1. The quantitative estimate of drug-likeness (QED) is 0.0632. The van der Waals surface area contributed by atoms with E-state index in [1.807, 2.05) is 26.0 Å². The monoisotopic (exact) mass is 667 g/mol. The molecule has 0 spiro atoms. The predicted molar refractivity (Wildman–Crippen MR) is 173 cm³/mol. The lowest BCUT2D eigenvalue weighted by molar-refractivity contribution is -0.132. The highest BCUT2D eigenvalue weighted by atomic mass is 35.5. The summed E-state index contributed by atoms with van der Waals surface area (Å²) in [4.78, 5) is 28.7. The minimum atomic E-state index is -0.958. The number of rotatable bonds is 9. The Morgan fingerprint density at radius 2 is 1.98 bits per heavy atom. The van der Waals surface area contributed by atoms with Gasteiger partial charge in [0.25, 0.3) is 5.78 Å². The number of nitrogens with zero attached hydrogens (tertiary/aromatic N) is 3. The fraction of sp³-hybridized carbons (Fsp3) is 0.250. The van der Waals surface area contributed by atoms with Crippen molar-refractivity contribution in [1.29, 1.82) is 0 Å². The molecule has 0 radical (unpaired) electrons. The maximum absolute atomic E-state index is 13.7. The molecule has 1 saturated heterocycles. The summed E-state index contributed by atoms with van der Waals surface area (Å²) in [5.74, 6) is -0.0466. The summed E-state index contributed by atoms with van der Waals surface area (Å²) in [6, 6.07) is 16.8. The Hall–Kier alpha value is -3.57. The van der Waals surface area contributed by atoms with Gasteiger partial charge in [0.05, 0.1) is 18.2 Å². The van der Waals surface area contributed by atoms with E-state index in [-0.39, 0.29) is 22.6 Å². The molecular formula is C32H27Cl2N3O5S2. The average Bonchev–Trinajstić information content (AvgIpc) is 3.70. The minimum Gasteiger partial charge on any atom is -0.507 e.